The molecule has 0 heterocycles. The van der Waals surface area contributed by atoms with Crippen molar-refractivity contribution < 1.29 is 23.9 Å². The second-order valence-electron chi connectivity index (χ2n) is 4.61. The molecule has 8 nitrogen and oxygen atoms in total. The number of methoxy groups -OCH3 is 1. The fourth-order valence-corrected chi connectivity index (χ4v) is 1.50. The van der Waals surface area contributed by atoms with E-state index in [2.05, 4.69) is 10.6 Å². The van der Waals surface area contributed by atoms with Crippen molar-refractivity contribution in [3.63, 3.8) is 0 Å². The quantitative estimate of drug-likeness (QED) is 0.258. The van der Waals surface area contributed by atoms with E-state index in [1.165, 1.54) is 7.11 Å². The van der Waals surface area contributed by atoms with E-state index < -0.39 is 29.8 Å². The topological polar surface area (TPSA) is 118 Å². The van der Waals surface area contributed by atoms with Crippen LogP contribution in [0.4, 0.5) is 0 Å². The van der Waals surface area contributed by atoms with E-state index in [1.54, 1.807) is 6.92 Å². The maximum Gasteiger partial charge on any atom is 0.328 e. The molecule has 0 saturated heterocycles. The summed E-state index contributed by atoms with van der Waals surface area (Å²) in [5.41, 5.74) is 0. The Morgan fingerprint density at radius 2 is 2.00 bits per heavy atom. The van der Waals surface area contributed by atoms with Crippen LogP contribution in [0.25, 0.3) is 0 Å². The summed E-state index contributed by atoms with van der Waals surface area (Å²) in [5.74, 6) is -1.48. The van der Waals surface area contributed by atoms with Gasteiger partial charge in [0.05, 0.1) is 6.21 Å². The molecule has 0 aliphatic heterocycles. The Hall–Kier alpha value is -1.80. The first-order valence-electron chi connectivity index (χ1n) is 7.20. The van der Waals surface area contributed by atoms with Crippen molar-refractivity contribution >= 4 is 23.9 Å². The molecule has 3 N–H and O–H groups in total. The number of carbonyl (C=O) groups is 3. The van der Waals surface area contributed by atoms with Crippen LogP contribution in [-0.2, 0) is 23.9 Å². The third kappa shape index (κ3) is 8.48. The van der Waals surface area contributed by atoms with Gasteiger partial charge in [-0.1, -0.05) is 6.92 Å². The number of Topliss-reactive ketones (excluding diaryl/α,β-unsaturated/α-hetero) is 1. The van der Waals surface area contributed by atoms with Gasteiger partial charge in [-0.2, -0.15) is 0 Å². The molecule has 0 saturated carbocycles. The average Bonchev–Trinajstić information content (AvgIpc) is 2.53. The summed E-state index contributed by atoms with van der Waals surface area (Å²) in [4.78, 5) is 34.9. The number of esters is 1. The Balaban J connectivity index is 4.55. The summed E-state index contributed by atoms with van der Waals surface area (Å²) >= 11 is 0. The third-order valence-corrected chi connectivity index (χ3v) is 2.94. The SMILES string of the molecule is CCNCCOC(=O)[C@H](CCC(=O)C=N)NC(=O)[C@@H](C)OC. The maximum absolute atomic E-state index is 12.0. The molecule has 1 amide bonds. The first-order chi connectivity index (χ1) is 10.5. The van der Waals surface area contributed by atoms with Gasteiger partial charge >= 0.3 is 5.97 Å². The number of nitrogens with one attached hydrogen (secondary N) is 3. The smallest absolute Gasteiger partial charge is 0.328 e. The third-order valence-electron chi connectivity index (χ3n) is 2.94. The molecule has 2 atom stereocenters. The second kappa shape index (κ2) is 11.8. The Kier molecular flexibility index (Phi) is 10.8. The molecular weight excluding hydrogens is 290 g/mol. The summed E-state index contributed by atoms with van der Waals surface area (Å²) in [6.07, 6.45) is 0.0392. The van der Waals surface area contributed by atoms with E-state index in [0.29, 0.717) is 12.8 Å². The number of likely N-dealkylation sites (N-methyl/N-ethyl adjacent to an activating group) is 1. The molecule has 0 radical (unpaired) electrons. The molecule has 0 bridgehead atoms. The lowest BCUT2D eigenvalue weighted by atomic mass is 10.1. The van der Waals surface area contributed by atoms with Gasteiger partial charge < -0.3 is 25.5 Å². The molecule has 0 rings (SSSR count). The van der Waals surface area contributed by atoms with Crippen LogP contribution in [0, 0.1) is 5.41 Å². The van der Waals surface area contributed by atoms with Gasteiger partial charge in [-0.05, 0) is 19.9 Å². The van der Waals surface area contributed by atoms with E-state index >= 15 is 0 Å². The number of carbonyl (C=O) groups excluding carboxylic acids is 3. The van der Waals surface area contributed by atoms with Crippen LogP contribution in [0.2, 0.25) is 0 Å². The van der Waals surface area contributed by atoms with Crippen molar-refractivity contribution in [2.24, 2.45) is 0 Å². The number of ketones is 1. The van der Waals surface area contributed by atoms with Crippen LogP contribution in [0.1, 0.15) is 26.7 Å². The van der Waals surface area contributed by atoms with Crippen LogP contribution < -0.4 is 10.6 Å². The normalized spacial score (nSPS) is 13.0. The summed E-state index contributed by atoms with van der Waals surface area (Å²) < 4.78 is 9.94. The number of hydrogen-bond donors (Lipinski definition) is 3. The fraction of sp³-hybridized carbons (Fsp3) is 0.714. The molecule has 0 aliphatic carbocycles. The van der Waals surface area contributed by atoms with Gasteiger partial charge in [0.15, 0.2) is 5.78 Å². The first kappa shape index (κ1) is 20.2. The van der Waals surface area contributed by atoms with E-state index in [9.17, 15) is 14.4 Å². The Bertz CT molecular complexity index is 387. The zero-order valence-corrected chi connectivity index (χ0v) is 13.3. The molecule has 8 heteroatoms. The minimum absolute atomic E-state index is 0.0158. The minimum atomic E-state index is -0.935. The van der Waals surface area contributed by atoms with Crippen LogP contribution in [0.5, 0.6) is 0 Å². The Morgan fingerprint density at radius 1 is 1.32 bits per heavy atom. The number of ether oxygens (including phenoxy) is 2. The monoisotopic (exact) mass is 315 g/mol. The van der Waals surface area contributed by atoms with Crippen molar-refractivity contribution in [2.75, 3.05) is 26.8 Å². The molecule has 0 unspecified atom stereocenters. The molecular formula is C14H25N3O5. The highest BCUT2D eigenvalue weighted by Crippen LogP contribution is 2.02. The van der Waals surface area contributed by atoms with E-state index in [4.69, 9.17) is 14.9 Å². The lowest BCUT2D eigenvalue weighted by Gasteiger charge is -2.19. The fourth-order valence-electron chi connectivity index (χ4n) is 1.50. The number of hydrogen-bond acceptors (Lipinski definition) is 7. The van der Waals surface area contributed by atoms with E-state index in [0.717, 1.165) is 6.54 Å². The summed E-state index contributed by atoms with van der Waals surface area (Å²) in [7, 11) is 1.38. The zero-order chi connectivity index (χ0) is 17.0. The molecule has 126 valence electrons. The standard InChI is InChI=1S/C14H25N3O5/c1-4-16-7-8-22-14(20)12(6-5-11(18)9-15)17-13(19)10(2)21-3/h9-10,12,15-16H,4-8H2,1-3H3,(H,17,19)/t10-,12+/m1/s1. The molecule has 0 aromatic carbocycles. The van der Waals surface area contributed by atoms with Crippen LogP contribution in [-0.4, -0.2) is 62.8 Å². The lowest BCUT2D eigenvalue weighted by Crippen LogP contribution is -2.46. The Labute approximate surface area is 130 Å². The average molecular weight is 315 g/mol. The summed E-state index contributed by atoms with van der Waals surface area (Å²) in [6.45, 7) is 4.93. The van der Waals surface area contributed by atoms with Crippen LogP contribution in [0.3, 0.4) is 0 Å². The van der Waals surface area contributed by atoms with Gasteiger partial charge in [-0.25, -0.2) is 4.79 Å². The van der Waals surface area contributed by atoms with E-state index in [-0.39, 0.29) is 19.4 Å². The molecule has 0 aliphatic rings. The predicted molar refractivity (Wildman–Crippen MR) is 80.9 cm³/mol. The number of amides is 1. The van der Waals surface area contributed by atoms with Crippen LogP contribution in [0.15, 0.2) is 0 Å². The van der Waals surface area contributed by atoms with Gasteiger partial charge in [0.25, 0.3) is 0 Å². The molecule has 22 heavy (non-hydrogen) atoms. The molecule has 0 fully saturated rings. The molecule has 0 aromatic rings. The molecule has 0 aromatic heterocycles. The van der Waals surface area contributed by atoms with Crippen molar-refractivity contribution in [1.29, 1.82) is 5.41 Å². The first-order valence-corrected chi connectivity index (χ1v) is 7.20. The highest BCUT2D eigenvalue weighted by molar-refractivity contribution is 6.26. The van der Waals surface area contributed by atoms with Crippen molar-refractivity contribution in [2.45, 2.75) is 38.8 Å². The lowest BCUT2D eigenvalue weighted by molar-refractivity contribution is -0.149. The van der Waals surface area contributed by atoms with Gasteiger partial charge in [-0.3, -0.25) is 9.59 Å². The zero-order valence-electron chi connectivity index (χ0n) is 13.3. The van der Waals surface area contributed by atoms with Gasteiger partial charge in [-0.15, -0.1) is 0 Å². The minimum Gasteiger partial charge on any atom is -0.463 e. The van der Waals surface area contributed by atoms with Gasteiger partial charge in [0.1, 0.15) is 18.8 Å². The van der Waals surface area contributed by atoms with Gasteiger partial charge in [0.2, 0.25) is 5.91 Å². The highest BCUT2D eigenvalue weighted by Gasteiger charge is 2.25. The molecule has 0 spiro atoms. The summed E-state index contributed by atoms with van der Waals surface area (Å²) in [6, 6.07) is -0.935. The van der Waals surface area contributed by atoms with Crippen LogP contribution >= 0.6 is 0 Å². The largest absolute Gasteiger partial charge is 0.463 e. The predicted octanol–water partition coefficient (Wildman–Crippen LogP) is -0.342. The second-order valence-corrected chi connectivity index (χ2v) is 4.61. The maximum atomic E-state index is 12.0. The highest BCUT2D eigenvalue weighted by atomic mass is 16.5. The van der Waals surface area contributed by atoms with E-state index in [1.807, 2.05) is 6.92 Å². The van der Waals surface area contributed by atoms with Crippen molar-refractivity contribution in [3.8, 4) is 0 Å². The van der Waals surface area contributed by atoms with Crippen molar-refractivity contribution in [3.05, 3.63) is 0 Å². The Morgan fingerprint density at radius 3 is 2.55 bits per heavy atom. The summed E-state index contributed by atoms with van der Waals surface area (Å²) in [5, 5.41) is 12.4. The van der Waals surface area contributed by atoms with Gasteiger partial charge in [0, 0.05) is 20.1 Å². The number of rotatable bonds is 12. The van der Waals surface area contributed by atoms with Crippen molar-refractivity contribution in [1.82, 2.24) is 10.6 Å².